The van der Waals surface area contributed by atoms with Gasteiger partial charge in [0.1, 0.15) is 12.3 Å². The van der Waals surface area contributed by atoms with E-state index in [4.69, 9.17) is 16.3 Å². The minimum Gasteiger partial charge on any atom is -0.471 e. The van der Waals surface area contributed by atoms with Crippen molar-refractivity contribution in [3.05, 3.63) is 76.2 Å². The van der Waals surface area contributed by atoms with E-state index in [9.17, 15) is 8.42 Å². The van der Waals surface area contributed by atoms with Crippen LogP contribution in [0.1, 0.15) is 22.4 Å². The summed E-state index contributed by atoms with van der Waals surface area (Å²) < 4.78 is 34.9. The molecule has 9 heteroatoms. The summed E-state index contributed by atoms with van der Waals surface area (Å²) in [6.45, 7) is 3.48. The highest BCUT2D eigenvalue weighted by atomic mass is 35.5. The highest BCUT2D eigenvalue weighted by molar-refractivity contribution is 7.92. The topological polar surface area (TPSA) is 84.4 Å². The number of halogens is 1. The number of nitrogens with one attached hydrogen (secondary N) is 1. The second-order valence-corrected chi connectivity index (χ2v) is 9.61. The number of pyridine rings is 2. The molecule has 4 rings (SSSR count). The molecule has 162 valence electrons. The van der Waals surface area contributed by atoms with Gasteiger partial charge in [-0.1, -0.05) is 23.7 Å². The number of likely N-dealkylation sites (N-methyl/N-ethyl adjacent to an activating group) is 1. The van der Waals surface area contributed by atoms with Gasteiger partial charge in [-0.15, -0.1) is 0 Å². The largest absolute Gasteiger partial charge is 0.471 e. The van der Waals surface area contributed by atoms with Gasteiger partial charge in [-0.2, -0.15) is 0 Å². The molecule has 0 spiro atoms. The SMILES string of the molecule is Cc1c(Cl)cccc1S(=O)(=O)Nc1cc2c(nc1OCc1cccnc1)CCN(C)C2. The summed E-state index contributed by atoms with van der Waals surface area (Å²) in [4.78, 5) is 11.0. The van der Waals surface area contributed by atoms with E-state index in [0.29, 0.717) is 22.8 Å². The third-order valence-electron chi connectivity index (χ3n) is 5.18. The summed E-state index contributed by atoms with van der Waals surface area (Å²) >= 11 is 6.14. The molecule has 0 saturated heterocycles. The predicted octanol–water partition coefficient (Wildman–Crippen LogP) is 3.81. The van der Waals surface area contributed by atoms with Gasteiger partial charge >= 0.3 is 0 Å². The summed E-state index contributed by atoms with van der Waals surface area (Å²) in [7, 11) is -1.87. The summed E-state index contributed by atoms with van der Waals surface area (Å²) in [5.41, 5.74) is 3.54. The molecule has 0 aliphatic carbocycles. The predicted molar refractivity (Wildman–Crippen MR) is 120 cm³/mol. The Kier molecular flexibility index (Phi) is 6.13. The van der Waals surface area contributed by atoms with Crippen molar-refractivity contribution in [3.63, 3.8) is 0 Å². The van der Waals surface area contributed by atoms with Crippen molar-refractivity contribution in [3.8, 4) is 5.88 Å². The average molecular weight is 459 g/mol. The number of aromatic nitrogens is 2. The van der Waals surface area contributed by atoms with E-state index in [2.05, 4.69) is 19.6 Å². The molecule has 3 heterocycles. The highest BCUT2D eigenvalue weighted by Gasteiger charge is 2.24. The van der Waals surface area contributed by atoms with Gasteiger partial charge in [-0.25, -0.2) is 13.4 Å². The number of hydrogen-bond acceptors (Lipinski definition) is 6. The molecule has 31 heavy (non-hydrogen) atoms. The number of ether oxygens (including phenoxy) is 1. The van der Waals surface area contributed by atoms with Gasteiger partial charge in [-0.3, -0.25) is 9.71 Å². The fraction of sp³-hybridized carbons (Fsp3) is 0.273. The lowest BCUT2D eigenvalue weighted by Crippen LogP contribution is -2.28. The van der Waals surface area contributed by atoms with Crippen LogP contribution in [0.15, 0.2) is 53.7 Å². The number of benzene rings is 1. The Balaban J connectivity index is 1.70. The second kappa shape index (κ2) is 8.82. The van der Waals surface area contributed by atoms with Gasteiger partial charge in [-0.05, 0) is 49.4 Å². The van der Waals surface area contributed by atoms with E-state index < -0.39 is 10.0 Å². The first-order valence-electron chi connectivity index (χ1n) is 9.84. The molecule has 1 aliphatic rings. The van der Waals surface area contributed by atoms with Gasteiger partial charge in [0, 0.05) is 42.5 Å². The number of anilines is 1. The van der Waals surface area contributed by atoms with Gasteiger partial charge in [0.05, 0.1) is 10.6 Å². The molecular formula is C22H23ClN4O3S. The fourth-order valence-electron chi connectivity index (χ4n) is 3.49. The van der Waals surface area contributed by atoms with Crippen LogP contribution < -0.4 is 9.46 Å². The number of fused-ring (bicyclic) bond motifs is 1. The molecule has 1 aromatic carbocycles. The first kappa shape index (κ1) is 21.5. The first-order valence-corrected chi connectivity index (χ1v) is 11.7. The first-order chi connectivity index (χ1) is 14.8. The molecule has 7 nitrogen and oxygen atoms in total. The molecule has 0 amide bonds. The van der Waals surface area contributed by atoms with E-state index in [1.807, 2.05) is 25.2 Å². The molecule has 1 N–H and O–H groups in total. The summed E-state index contributed by atoms with van der Waals surface area (Å²) in [5.74, 6) is 0.246. The lowest BCUT2D eigenvalue weighted by molar-refractivity contribution is 0.285. The number of rotatable bonds is 6. The van der Waals surface area contributed by atoms with E-state index >= 15 is 0 Å². The third-order valence-corrected chi connectivity index (χ3v) is 7.10. The maximum absolute atomic E-state index is 13.2. The molecule has 0 saturated carbocycles. The number of nitrogens with zero attached hydrogens (tertiary/aromatic N) is 3. The number of hydrogen-bond donors (Lipinski definition) is 1. The van der Waals surface area contributed by atoms with Crippen LogP contribution in [0.25, 0.3) is 0 Å². The Labute approximate surface area is 187 Å². The monoisotopic (exact) mass is 458 g/mol. The van der Waals surface area contributed by atoms with Crippen LogP contribution >= 0.6 is 11.6 Å². The summed E-state index contributed by atoms with van der Waals surface area (Å²) in [6.07, 6.45) is 4.16. The van der Waals surface area contributed by atoms with Crippen molar-refractivity contribution in [2.45, 2.75) is 31.4 Å². The van der Waals surface area contributed by atoms with Crippen molar-refractivity contribution in [1.29, 1.82) is 0 Å². The van der Waals surface area contributed by atoms with Crippen LogP contribution in [-0.4, -0.2) is 36.9 Å². The average Bonchev–Trinajstić information content (AvgIpc) is 2.74. The maximum atomic E-state index is 13.2. The standard InChI is InChI=1S/C22H23ClN4O3S/c1-15-18(23)6-3-7-21(15)31(28,29)26-20-11-17-13-27(2)10-8-19(17)25-22(20)30-14-16-5-4-9-24-12-16/h3-7,9,11-12,26H,8,10,13-14H2,1-2H3. The Bertz CT molecular complexity index is 1200. The quantitative estimate of drug-likeness (QED) is 0.604. The molecule has 0 bridgehead atoms. The van der Waals surface area contributed by atoms with E-state index in [1.165, 1.54) is 6.07 Å². The van der Waals surface area contributed by atoms with Crippen molar-refractivity contribution in [2.24, 2.45) is 0 Å². The molecule has 0 fully saturated rings. The second-order valence-electron chi connectivity index (χ2n) is 7.55. The normalized spacial score (nSPS) is 14.2. The van der Waals surface area contributed by atoms with Crippen LogP contribution in [0.2, 0.25) is 5.02 Å². The van der Waals surface area contributed by atoms with E-state index in [0.717, 1.165) is 29.8 Å². The lowest BCUT2D eigenvalue weighted by atomic mass is 10.1. The van der Waals surface area contributed by atoms with Gasteiger partial charge in [0.25, 0.3) is 10.0 Å². The Morgan fingerprint density at radius 3 is 2.87 bits per heavy atom. The van der Waals surface area contributed by atoms with Crippen molar-refractivity contribution in [1.82, 2.24) is 14.9 Å². The minimum atomic E-state index is -3.89. The zero-order valence-electron chi connectivity index (χ0n) is 17.3. The Morgan fingerprint density at radius 2 is 2.10 bits per heavy atom. The molecular weight excluding hydrogens is 436 g/mol. The Morgan fingerprint density at radius 1 is 1.26 bits per heavy atom. The molecule has 3 aromatic rings. The molecule has 0 unspecified atom stereocenters. The molecule has 0 atom stereocenters. The fourth-order valence-corrected chi connectivity index (χ4v) is 5.04. The van der Waals surface area contributed by atoms with Crippen molar-refractivity contribution in [2.75, 3.05) is 18.3 Å². The van der Waals surface area contributed by atoms with Crippen LogP contribution in [0.3, 0.4) is 0 Å². The van der Waals surface area contributed by atoms with E-state index in [-0.39, 0.29) is 17.4 Å². The van der Waals surface area contributed by atoms with Crippen LogP contribution in [0.4, 0.5) is 5.69 Å². The zero-order valence-corrected chi connectivity index (χ0v) is 18.9. The minimum absolute atomic E-state index is 0.119. The van der Waals surface area contributed by atoms with Crippen LogP contribution in [0, 0.1) is 6.92 Å². The van der Waals surface area contributed by atoms with Crippen LogP contribution in [-0.2, 0) is 29.6 Å². The molecule has 1 aliphatic heterocycles. The molecule has 2 aromatic heterocycles. The van der Waals surface area contributed by atoms with Crippen molar-refractivity contribution >= 4 is 27.3 Å². The Hall–Kier alpha value is -2.68. The van der Waals surface area contributed by atoms with Gasteiger partial charge in [0.15, 0.2) is 0 Å². The van der Waals surface area contributed by atoms with Crippen LogP contribution in [0.5, 0.6) is 5.88 Å². The van der Waals surface area contributed by atoms with Gasteiger partial charge < -0.3 is 9.64 Å². The summed E-state index contributed by atoms with van der Waals surface area (Å²) in [5, 5.41) is 0.390. The third kappa shape index (κ3) is 4.81. The zero-order chi connectivity index (χ0) is 22.0. The van der Waals surface area contributed by atoms with Crippen molar-refractivity contribution < 1.29 is 13.2 Å². The summed E-state index contributed by atoms with van der Waals surface area (Å²) in [6, 6.07) is 10.3. The highest BCUT2D eigenvalue weighted by Crippen LogP contribution is 2.32. The van der Waals surface area contributed by atoms with Gasteiger partial charge in [0.2, 0.25) is 5.88 Å². The number of sulfonamides is 1. The van der Waals surface area contributed by atoms with E-state index in [1.54, 1.807) is 31.5 Å². The maximum Gasteiger partial charge on any atom is 0.262 e. The smallest absolute Gasteiger partial charge is 0.262 e. The molecule has 0 radical (unpaired) electrons. The lowest BCUT2D eigenvalue weighted by Gasteiger charge is -2.25.